The summed E-state index contributed by atoms with van der Waals surface area (Å²) >= 11 is 0. The number of nitrogens with one attached hydrogen (secondary N) is 1. The predicted octanol–water partition coefficient (Wildman–Crippen LogP) is 4.30. The Balaban J connectivity index is 1.63. The molecule has 7 nitrogen and oxygen atoms in total. The fraction of sp³-hybridized carbons (Fsp3) is 0.0556. The van der Waals surface area contributed by atoms with E-state index in [2.05, 4.69) is 5.32 Å². The maximum Gasteiger partial charge on any atom is 0.306 e. The minimum Gasteiger partial charge on any atom is -0.486 e. The minimum atomic E-state index is -1.00. The van der Waals surface area contributed by atoms with Gasteiger partial charge in [0.05, 0.1) is 4.92 Å². The van der Waals surface area contributed by atoms with Crippen molar-refractivity contribution in [1.29, 1.82) is 0 Å². The molecule has 1 amide bonds. The summed E-state index contributed by atoms with van der Waals surface area (Å²) < 4.78 is 36.9. The number of nitro groups is 1. The number of nitrogens with zero attached hydrogens (tertiary/aromatic N) is 1. The molecule has 1 N–H and O–H groups in total. The van der Waals surface area contributed by atoms with Crippen molar-refractivity contribution < 1.29 is 27.7 Å². The molecule has 9 heteroatoms. The Morgan fingerprint density at radius 2 is 1.85 bits per heavy atom. The summed E-state index contributed by atoms with van der Waals surface area (Å²) in [6, 6.07) is 11.3. The molecule has 0 spiro atoms. The first-order valence-corrected chi connectivity index (χ1v) is 7.65. The Hall–Kier alpha value is -3.75. The maximum absolute atomic E-state index is 13.3. The number of carbonyl (C=O) groups excluding carboxylic acids is 1. The number of anilines is 1. The molecule has 0 aliphatic heterocycles. The second kappa shape index (κ2) is 7.65. The number of halogens is 2. The van der Waals surface area contributed by atoms with E-state index in [1.54, 1.807) is 0 Å². The predicted molar refractivity (Wildman–Crippen MR) is 90.4 cm³/mol. The van der Waals surface area contributed by atoms with Gasteiger partial charge in [-0.2, -0.15) is 4.39 Å². The van der Waals surface area contributed by atoms with Crippen molar-refractivity contribution in [2.75, 3.05) is 5.32 Å². The third-order valence-corrected chi connectivity index (χ3v) is 3.48. The zero-order valence-electron chi connectivity index (χ0n) is 13.6. The van der Waals surface area contributed by atoms with E-state index >= 15 is 0 Å². The summed E-state index contributed by atoms with van der Waals surface area (Å²) in [6.45, 7) is 0.0148. The van der Waals surface area contributed by atoms with Crippen LogP contribution in [0.5, 0.6) is 5.75 Å². The van der Waals surface area contributed by atoms with Crippen LogP contribution in [0.15, 0.2) is 59.0 Å². The summed E-state index contributed by atoms with van der Waals surface area (Å²) in [5, 5.41) is 13.1. The van der Waals surface area contributed by atoms with Crippen LogP contribution in [0, 0.1) is 21.7 Å². The molecule has 0 radical (unpaired) electrons. The smallest absolute Gasteiger partial charge is 0.306 e. The number of nitro benzene ring substituents is 1. The van der Waals surface area contributed by atoms with Gasteiger partial charge in [-0.3, -0.25) is 14.9 Å². The van der Waals surface area contributed by atoms with Crippen molar-refractivity contribution >= 4 is 17.3 Å². The lowest BCUT2D eigenvalue weighted by atomic mass is 10.2. The molecule has 0 fully saturated rings. The molecule has 2 aromatic carbocycles. The average molecular weight is 374 g/mol. The highest BCUT2D eigenvalue weighted by atomic mass is 19.1. The van der Waals surface area contributed by atoms with Crippen LogP contribution >= 0.6 is 0 Å². The molecular formula is C18H12F2N2O5. The lowest BCUT2D eigenvalue weighted by Gasteiger charge is -2.04. The Morgan fingerprint density at radius 1 is 1.11 bits per heavy atom. The monoisotopic (exact) mass is 374 g/mol. The van der Waals surface area contributed by atoms with Gasteiger partial charge in [-0.25, -0.2) is 4.39 Å². The van der Waals surface area contributed by atoms with Gasteiger partial charge >= 0.3 is 5.69 Å². The molecule has 0 unspecified atom stereocenters. The molecule has 1 aromatic heterocycles. The normalized spacial score (nSPS) is 10.4. The summed E-state index contributed by atoms with van der Waals surface area (Å²) in [7, 11) is 0. The van der Waals surface area contributed by atoms with E-state index in [4.69, 9.17) is 9.15 Å². The minimum absolute atomic E-state index is 0.0148. The first kappa shape index (κ1) is 18.1. The van der Waals surface area contributed by atoms with E-state index in [-0.39, 0.29) is 23.9 Å². The molecular weight excluding hydrogens is 362 g/mol. The van der Waals surface area contributed by atoms with Gasteiger partial charge in [-0.15, -0.1) is 0 Å². The van der Waals surface area contributed by atoms with Crippen molar-refractivity contribution in [1.82, 2.24) is 0 Å². The van der Waals surface area contributed by atoms with Crippen molar-refractivity contribution in [3.63, 3.8) is 0 Å². The van der Waals surface area contributed by atoms with E-state index in [1.165, 1.54) is 42.5 Å². The van der Waals surface area contributed by atoms with E-state index in [1.807, 2.05) is 0 Å². The van der Waals surface area contributed by atoms with Gasteiger partial charge in [0, 0.05) is 11.8 Å². The van der Waals surface area contributed by atoms with E-state index < -0.39 is 22.3 Å². The number of hydrogen-bond acceptors (Lipinski definition) is 5. The first-order valence-electron chi connectivity index (χ1n) is 7.65. The van der Waals surface area contributed by atoms with Crippen LogP contribution in [0.4, 0.5) is 20.2 Å². The van der Waals surface area contributed by atoms with Gasteiger partial charge in [-0.1, -0.05) is 0 Å². The Kier molecular flexibility index (Phi) is 5.11. The maximum atomic E-state index is 13.3. The van der Waals surface area contributed by atoms with Crippen LogP contribution < -0.4 is 10.1 Å². The molecule has 0 aliphatic rings. The molecule has 0 bridgehead atoms. The molecule has 1 heterocycles. The zero-order chi connectivity index (χ0) is 19.4. The molecule has 3 rings (SSSR count). The number of furan rings is 1. The molecule has 3 aromatic rings. The van der Waals surface area contributed by atoms with Crippen LogP contribution in [0.1, 0.15) is 16.3 Å². The SMILES string of the molecule is O=C(Nc1ccc(F)c([N+](=O)[O-])c1)c1ccc(COc2ccc(F)cc2)o1. The molecule has 0 saturated carbocycles. The summed E-state index contributed by atoms with van der Waals surface area (Å²) in [6.07, 6.45) is 0. The lowest BCUT2D eigenvalue weighted by molar-refractivity contribution is -0.387. The second-order valence-electron chi connectivity index (χ2n) is 5.39. The topological polar surface area (TPSA) is 94.6 Å². The third-order valence-electron chi connectivity index (χ3n) is 3.48. The zero-order valence-corrected chi connectivity index (χ0v) is 13.6. The summed E-state index contributed by atoms with van der Waals surface area (Å²) in [4.78, 5) is 22.0. The van der Waals surface area contributed by atoms with Crippen LogP contribution in [-0.4, -0.2) is 10.8 Å². The fourth-order valence-corrected chi connectivity index (χ4v) is 2.19. The standard InChI is InChI=1S/C18H12F2N2O5/c19-11-1-4-13(5-2-11)26-10-14-6-8-17(27-14)18(23)21-12-3-7-15(20)16(9-12)22(24)25/h1-9H,10H2,(H,21,23). The fourth-order valence-electron chi connectivity index (χ4n) is 2.19. The molecule has 0 saturated heterocycles. The summed E-state index contributed by atoms with van der Waals surface area (Å²) in [5.74, 6) is -1.34. The van der Waals surface area contributed by atoms with E-state index in [9.17, 15) is 23.7 Å². The quantitative estimate of drug-likeness (QED) is 0.513. The van der Waals surface area contributed by atoms with Gasteiger partial charge in [0.2, 0.25) is 5.82 Å². The van der Waals surface area contributed by atoms with E-state index in [0.29, 0.717) is 11.5 Å². The number of benzene rings is 2. The molecule has 0 aliphatic carbocycles. The average Bonchev–Trinajstić information content (AvgIpc) is 3.12. The van der Waals surface area contributed by atoms with Crippen molar-refractivity contribution in [3.05, 3.63) is 87.9 Å². The lowest BCUT2D eigenvalue weighted by Crippen LogP contribution is -2.11. The highest BCUT2D eigenvalue weighted by molar-refractivity contribution is 6.02. The highest BCUT2D eigenvalue weighted by Crippen LogP contribution is 2.22. The molecule has 27 heavy (non-hydrogen) atoms. The van der Waals surface area contributed by atoms with Crippen LogP contribution in [0.25, 0.3) is 0 Å². The van der Waals surface area contributed by atoms with Crippen molar-refractivity contribution in [2.45, 2.75) is 6.61 Å². The van der Waals surface area contributed by atoms with Crippen LogP contribution in [0.3, 0.4) is 0 Å². The van der Waals surface area contributed by atoms with Gasteiger partial charge in [0.1, 0.15) is 23.9 Å². The third kappa shape index (κ3) is 4.46. The van der Waals surface area contributed by atoms with Crippen molar-refractivity contribution in [2.24, 2.45) is 0 Å². The number of rotatable bonds is 6. The number of carbonyl (C=O) groups is 1. The Bertz CT molecular complexity index is 986. The second-order valence-corrected chi connectivity index (χ2v) is 5.39. The van der Waals surface area contributed by atoms with Crippen LogP contribution in [-0.2, 0) is 6.61 Å². The van der Waals surface area contributed by atoms with Gasteiger partial charge < -0.3 is 14.5 Å². The van der Waals surface area contributed by atoms with Gasteiger partial charge in [0.25, 0.3) is 5.91 Å². The van der Waals surface area contributed by atoms with Crippen molar-refractivity contribution in [3.8, 4) is 5.75 Å². The summed E-state index contributed by atoms with van der Waals surface area (Å²) in [5.41, 5.74) is -0.700. The Morgan fingerprint density at radius 3 is 2.56 bits per heavy atom. The van der Waals surface area contributed by atoms with E-state index in [0.717, 1.165) is 12.1 Å². The number of hydrogen-bond donors (Lipinski definition) is 1. The number of amides is 1. The van der Waals surface area contributed by atoms with Gasteiger partial charge in [-0.05, 0) is 48.5 Å². The van der Waals surface area contributed by atoms with Crippen LogP contribution in [0.2, 0.25) is 0 Å². The first-order chi connectivity index (χ1) is 12.9. The molecule has 0 atom stereocenters. The molecule has 138 valence electrons. The largest absolute Gasteiger partial charge is 0.486 e. The number of ether oxygens (including phenoxy) is 1. The highest BCUT2D eigenvalue weighted by Gasteiger charge is 2.17. The van der Waals surface area contributed by atoms with Gasteiger partial charge in [0.15, 0.2) is 5.76 Å². The Labute approximate surface area is 151 Å².